The van der Waals surface area contributed by atoms with Crippen molar-refractivity contribution in [3.63, 3.8) is 0 Å². The van der Waals surface area contributed by atoms with E-state index in [4.69, 9.17) is 0 Å². The molecule has 90 valence electrons. The average molecular weight is 273 g/mol. The smallest absolute Gasteiger partial charge is 0.195 e. The molecule has 0 aliphatic rings. The van der Waals surface area contributed by atoms with Crippen LogP contribution in [-0.2, 0) is 0 Å². The second-order valence-corrected chi connectivity index (χ2v) is 6.23. The van der Waals surface area contributed by atoms with Gasteiger partial charge in [-0.15, -0.1) is 11.3 Å². The van der Waals surface area contributed by atoms with Crippen molar-refractivity contribution in [3.8, 4) is 0 Å². The number of fused-ring (bicyclic) bond motifs is 1. The Balaban J connectivity index is 1.96. The molecule has 0 saturated heterocycles. The first-order valence-electron chi connectivity index (χ1n) is 5.56. The lowest BCUT2D eigenvalue weighted by molar-refractivity contribution is 0.901. The number of hydrogen-bond acceptors (Lipinski definition) is 5. The maximum atomic E-state index is 4.57. The van der Waals surface area contributed by atoms with Crippen LogP contribution in [0.1, 0.15) is 11.4 Å². The van der Waals surface area contributed by atoms with Gasteiger partial charge in [0.15, 0.2) is 9.50 Å². The molecule has 0 atom stereocenters. The van der Waals surface area contributed by atoms with Crippen LogP contribution in [0.4, 0.5) is 0 Å². The van der Waals surface area contributed by atoms with Gasteiger partial charge in [0.2, 0.25) is 0 Å². The molecule has 0 fully saturated rings. The Morgan fingerprint density at radius 3 is 2.44 bits per heavy atom. The maximum Gasteiger partial charge on any atom is 0.195 e. The fraction of sp³-hybridized carbons (Fsp3) is 0.154. The van der Waals surface area contributed by atoms with Crippen molar-refractivity contribution >= 4 is 33.3 Å². The summed E-state index contributed by atoms with van der Waals surface area (Å²) < 4.78 is 2.19. The lowest BCUT2D eigenvalue weighted by atomic mass is 10.3. The highest BCUT2D eigenvalue weighted by atomic mass is 32.2. The summed E-state index contributed by atoms with van der Waals surface area (Å²) in [5.74, 6) is 0. The summed E-state index contributed by atoms with van der Waals surface area (Å²) in [6.07, 6.45) is 0. The molecule has 0 N–H and O–H groups in total. The van der Waals surface area contributed by atoms with Crippen LogP contribution in [0.25, 0.3) is 10.2 Å². The van der Waals surface area contributed by atoms with E-state index in [9.17, 15) is 0 Å². The van der Waals surface area contributed by atoms with E-state index < -0.39 is 0 Å². The zero-order chi connectivity index (χ0) is 12.5. The predicted molar refractivity (Wildman–Crippen MR) is 75.2 cm³/mol. The Bertz CT molecular complexity index is 653. The van der Waals surface area contributed by atoms with Gasteiger partial charge in [0.05, 0.1) is 10.2 Å². The predicted octanol–water partition coefficient (Wildman–Crippen LogP) is 3.85. The van der Waals surface area contributed by atoms with E-state index >= 15 is 0 Å². The lowest BCUT2D eigenvalue weighted by Gasteiger charge is -1.99. The molecule has 2 aromatic heterocycles. The van der Waals surface area contributed by atoms with Crippen molar-refractivity contribution in [2.45, 2.75) is 23.3 Å². The Morgan fingerprint density at radius 2 is 1.72 bits per heavy atom. The molecule has 18 heavy (non-hydrogen) atoms. The fourth-order valence-corrected chi connectivity index (χ4v) is 3.75. The van der Waals surface area contributed by atoms with Crippen molar-refractivity contribution in [2.75, 3.05) is 0 Å². The molecule has 0 spiro atoms. The van der Waals surface area contributed by atoms with E-state index in [1.165, 1.54) is 16.5 Å². The number of aryl methyl sites for hydroxylation is 2. The monoisotopic (exact) mass is 273 g/mol. The molecular formula is C13H11N3S2. The molecule has 2 heterocycles. The molecule has 3 nitrogen and oxygen atoms in total. The van der Waals surface area contributed by atoms with E-state index in [2.05, 4.69) is 21.0 Å². The van der Waals surface area contributed by atoms with Crippen LogP contribution in [-0.4, -0.2) is 15.0 Å². The summed E-state index contributed by atoms with van der Waals surface area (Å²) in [7, 11) is 0. The second-order valence-electron chi connectivity index (χ2n) is 3.98. The molecule has 1 aromatic carbocycles. The standard InChI is InChI=1S/C13H11N3S2/c1-8-7-9(2)15-12(14-8)18-13-16-10-5-3-4-6-11(10)17-13/h3-7H,1-2H3. The van der Waals surface area contributed by atoms with Crippen molar-refractivity contribution in [1.29, 1.82) is 0 Å². The van der Waals surface area contributed by atoms with Gasteiger partial charge in [-0.25, -0.2) is 15.0 Å². The Kier molecular flexibility index (Phi) is 3.01. The molecular weight excluding hydrogens is 262 g/mol. The van der Waals surface area contributed by atoms with Crippen LogP contribution in [0, 0.1) is 13.8 Å². The van der Waals surface area contributed by atoms with E-state index in [1.54, 1.807) is 11.3 Å². The van der Waals surface area contributed by atoms with E-state index in [-0.39, 0.29) is 0 Å². The van der Waals surface area contributed by atoms with Gasteiger partial charge in [0.1, 0.15) is 0 Å². The first kappa shape index (κ1) is 11.6. The summed E-state index contributed by atoms with van der Waals surface area (Å²) in [6, 6.07) is 10.1. The highest BCUT2D eigenvalue weighted by Gasteiger charge is 2.07. The lowest BCUT2D eigenvalue weighted by Crippen LogP contribution is -1.92. The summed E-state index contributed by atoms with van der Waals surface area (Å²) in [6.45, 7) is 3.97. The van der Waals surface area contributed by atoms with Crippen molar-refractivity contribution in [3.05, 3.63) is 41.7 Å². The second kappa shape index (κ2) is 4.66. The summed E-state index contributed by atoms with van der Waals surface area (Å²) >= 11 is 3.20. The average Bonchev–Trinajstić information content (AvgIpc) is 2.69. The maximum absolute atomic E-state index is 4.57. The number of thiazole rings is 1. The van der Waals surface area contributed by atoms with Gasteiger partial charge in [0, 0.05) is 11.4 Å². The first-order chi connectivity index (χ1) is 8.70. The minimum absolute atomic E-state index is 0.770. The van der Waals surface area contributed by atoms with Gasteiger partial charge in [-0.1, -0.05) is 12.1 Å². The van der Waals surface area contributed by atoms with Crippen LogP contribution in [0.5, 0.6) is 0 Å². The van der Waals surface area contributed by atoms with E-state index in [0.29, 0.717) is 0 Å². The van der Waals surface area contributed by atoms with Crippen LogP contribution in [0.15, 0.2) is 39.8 Å². The highest BCUT2D eigenvalue weighted by molar-refractivity contribution is 8.01. The Labute approximate surface area is 113 Å². The molecule has 5 heteroatoms. The van der Waals surface area contributed by atoms with Crippen molar-refractivity contribution < 1.29 is 0 Å². The topological polar surface area (TPSA) is 38.7 Å². The third-order valence-electron chi connectivity index (χ3n) is 2.41. The van der Waals surface area contributed by atoms with Crippen LogP contribution in [0.3, 0.4) is 0 Å². The normalized spacial score (nSPS) is 11.0. The molecule has 0 radical (unpaired) electrons. The highest BCUT2D eigenvalue weighted by Crippen LogP contribution is 2.32. The third-order valence-corrected chi connectivity index (χ3v) is 4.38. The summed E-state index contributed by atoms with van der Waals surface area (Å²) in [4.78, 5) is 13.4. The molecule has 0 aliphatic carbocycles. The largest absolute Gasteiger partial charge is 0.229 e. The molecule has 0 amide bonds. The number of nitrogens with zero attached hydrogens (tertiary/aromatic N) is 3. The number of rotatable bonds is 2. The van der Waals surface area contributed by atoms with E-state index in [0.717, 1.165) is 26.4 Å². The van der Waals surface area contributed by atoms with Crippen LogP contribution >= 0.6 is 23.1 Å². The van der Waals surface area contributed by atoms with Gasteiger partial charge in [-0.2, -0.15) is 0 Å². The van der Waals surface area contributed by atoms with Gasteiger partial charge >= 0.3 is 0 Å². The van der Waals surface area contributed by atoms with Gasteiger partial charge < -0.3 is 0 Å². The SMILES string of the molecule is Cc1cc(C)nc(Sc2nc3ccccc3s2)n1. The van der Waals surface area contributed by atoms with Gasteiger partial charge in [-0.05, 0) is 43.8 Å². The number of para-hydroxylation sites is 1. The van der Waals surface area contributed by atoms with Crippen LogP contribution in [0.2, 0.25) is 0 Å². The van der Waals surface area contributed by atoms with E-state index in [1.807, 2.05) is 38.1 Å². The van der Waals surface area contributed by atoms with Crippen molar-refractivity contribution in [2.24, 2.45) is 0 Å². The Hall–Kier alpha value is -1.46. The van der Waals surface area contributed by atoms with Gasteiger partial charge in [-0.3, -0.25) is 0 Å². The molecule has 0 bridgehead atoms. The van der Waals surface area contributed by atoms with Crippen LogP contribution < -0.4 is 0 Å². The minimum atomic E-state index is 0.770. The quantitative estimate of drug-likeness (QED) is 0.665. The molecule has 3 aromatic rings. The summed E-state index contributed by atoms with van der Waals surface area (Å²) in [5, 5.41) is 0.770. The number of aromatic nitrogens is 3. The number of hydrogen-bond donors (Lipinski definition) is 0. The molecule has 0 unspecified atom stereocenters. The zero-order valence-corrected chi connectivity index (χ0v) is 11.7. The Morgan fingerprint density at radius 1 is 1.00 bits per heavy atom. The van der Waals surface area contributed by atoms with Crippen molar-refractivity contribution in [1.82, 2.24) is 15.0 Å². The fourth-order valence-electron chi connectivity index (χ4n) is 1.71. The third kappa shape index (κ3) is 2.37. The number of benzene rings is 1. The molecule has 0 saturated carbocycles. The zero-order valence-electron chi connectivity index (χ0n) is 10.0. The minimum Gasteiger partial charge on any atom is -0.229 e. The first-order valence-corrected chi connectivity index (χ1v) is 7.20. The summed E-state index contributed by atoms with van der Waals surface area (Å²) in [5.41, 5.74) is 3.02. The van der Waals surface area contributed by atoms with Gasteiger partial charge in [0.25, 0.3) is 0 Å². The molecule has 3 rings (SSSR count). The molecule has 0 aliphatic heterocycles.